The van der Waals surface area contributed by atoms with E-state index in [0.29, 0.717) is 21.2 Å². The Labute approximate surface area is 174 Å². The molecule has 3 aromatic rings. The van der Waals surface area contributed by atoms with Gasteiger partial charge < -0.3 is 0 Å². The fourth-order valence-corrected chi connectivity index (χ4v) is 4.41. The first-order chi connectivity index (χ1) is 13.4. The fraction of sp³-hybridized carbons (Fsp3) is 0.0952. The van der Waals surface area contributed by atoms with Crippen LogP contribution in [0.1, 0.15) is 16.7 Å². The van der Waals surface area contributed by atoms with Crippen LogP contribution in [-0.2, 0) is 23.1 Å². The molecule has 0 aromatic heterocycles. The van der Waals surface area contributed by atoms with Crippen molar-refractivity contribution in [2.75, 3.05) is 0 Å². The van der Waals surface area contributed by atoms with Crippen molar-refractivity contribution < 1.29 is 8.42 Å². The molecule has 0 heterocycles. The summed E-state index contributed by atoms with van der Waals surface area (Å²) in [5, 5.41) is 9.91. The minimum Gasteiger partial charge on any atom is -0.207 e. The van der Waals surface area contributed by atoms with Gasteiger partial charge in [-0.15, -0.1) is 0 Å². The monoisotopic (exact) mass is 430 g/mol. The minimum absolute atomic E-state index is 0.116. The molecule has 28 heavy (non-hydrogen) atoms. The third-order valence-electron chi connectivity index (χ3n) is 4.20. The Balaban J connectivity index is 1.98. The van der Waals surface area contributed by atoms with Crippen LogP contribution >= 0.6 is 23.2 Å². The Morgan fingerprint density at radius 2 is 1.50 bits per heavy atom. The van der Waals surface area contributed by atoms with Crippen molar-refractivity contribution in [3.05, 3.63) is 99.5 Å². The molecule has 0 radical (unpaired) electrons. The number of halogens is 2. The van der Waals surface area contributed by atoms with E-state index >= 15 is 0 Å². The van der Waals surface area contributed by atoms with Gasteiger partial charge in [0, 0.05) is 23.1 Å². The van der Waals surface area contributed by atoms with Crippen LogP contribution in [0, 0.1) is 11.3 Å². The number of hydrogen-bond donors (Lipinski definition) is 0. The molecule has 0 amide bonds. The number of rotatable bonds is 6. The van der Waals surface area contributed by atoms with E-state index in [1.54, 1.807) is 54.6 Å². The zero-order chi connectivity index (χ0) is 20.1. The largest absolute Gasteiger partial charge is 0.243 e. The Kier molecular flexibility index (Phi) is 6.38. The second-order valence-corrected chi connectivity index (χ2v) is 8.91. The lowest BCUT2D eigenvalue weighted by molar-refractivity contribution is 0.401. The summed E-state index contributed by atoms with van der Waals surface area (Å²) in [6.07, 6.45) is 0. The molecule has 0 unspecified atom stereocenters. The highest BCUT2D eigenvalue weighted by Gasteiger charge is 2.25. The molecule has 0 fully saturated rings. The summed E-state index contributed by atoms with van der Waals surface area (Å²) >= 11 is 12.2. The van der Waals surface area contributed by atoms with Crippen LogP contribution < -0.4 is 0 Å². The first kappa shape index (κ1) is 20.4. The second kappa shape index (κ2) is 8.76. The van der Waals surface area contributed by atoms with Gasteiger partial charge in [-0.25, -0.2) is 8.42 Å². The number of benzene rings is 3. The number of nitrogens with zero attached hydrogens (tertiary/aromatic N) is 2. The van der Waals surface area contributed by atoms with Crippen molar-refractivity contribution in [1.29, 1.82) is 5.26 Å². The van der Waals surface area contributed by atoms with E-state index in [9.17, 15) is 8.42 Å². The number of hydrogen-bond acceptors (Lipinski definition) is 3. The lowest BCUT2D eigenvalue weighted by atomic mass is 10.1. The predicted molar refractivity (Wildman–Crippen MR) is 110 cm³/mol. The Bertz CT molecular complexity index is 1110. The lowest BCUT2D eigenvalue weighted by Gasteiger charge is -2.23. The van der Waals surface area contributed by atoms with Crippen LogP contribution in [0.15, 0.2) is 77.7 Å². The summed E-state index contributed by atoms with van der Waals surface area (Å²) in [5.74, 6) is 0. The van der Waals surface area contributed by atoms with Gasteiger partial charge in [0.05, 0.1) is 16.5 Å². The van der Waals surface area contributed by atoms with Crippen molar-refractivity contribution in [3.8, 4) is 6.07 Å². The number of sulfonamides is 1. The third kappa shape index (κ3) is 4.73. The summed E-state index contributed by atoms with van der Waals surface area (Å²) in [6, 6.07) is 22.1. The quantitative estimate of drug-likeness (QED) is 0.535. The van der Waals surface area contributed by atoms with Crippen LogP contribution in [0.25, 0.3) is 0 Å². The maximum atomic E-state index is 13.3. The van der Waals surface area contributed by atoms with Gasteiger partial charge in [-0.1, -0.05) is 53.5 Å². The summed E-state index contributed by atoms with van der Waals surface area (Å²) in [6.45, 7) is 0.256. The van der Waals surface area contributed by atoms with Crippen molar-refractivity contribution in [2.24, 2.45) is 0 Å². The van der Waals surface area contributed by atoms with E-state index in [4.69, 9.17) is 28.5 Å². The average molecular weight is 431 g/mol. The van der Waals surface area contributed by atoms with E-state index in [2.05, 4.69) is 6.07 Å². The summed E-state index contributed by atoms with van der Waals surface area (Å²) in [5.41, 5.74) is 1.99. The van der Waals surface area contributed by atoms with Crippen LogP contribution in [0.5, 0.6) is 0 Å². The molecule has 3 aromatic carbocycles. The van der Waals surface area contributed by atoms with Gasteiger partial charge in [-0.05, 0) is 53.6 Å². The molecule has 0 atom stereocenters. The summed E-state index contributed by atoms with van der Waals surface area (Å²) < 4.78 is 27.9. The molecule has 3 rings (SSSR count). The summed E-state index contributed by atoms with van der Waals surface area (Å²) in [4.78, 5) is 0.151. The first-order valence-electron chi connectivity index (χ1n) is 8.38. The van der Waals surface area contributed by atoms with Crippen LogP contribution in [0.3, 0.4) is 0 Å². The molecule has 7 heteroatoms. The predicted octanol–water partition coefficient (Wildman–Crippen LogP) is 5.26. The van der Waals surface area contributed by atoms with Crippen molar-refractivity contribution in [1.82, 2.24) is 4.31 Å². The maximum Gasteiger partial charge on any atom is 0.243 e. The van der Waals surface area contributed by atoms with E-state index in [1.165, 1.54) is 16.4 Å². The standard InChI is InChI=1S/C21H16Cl2N2O2S/c22-19-9-11-20(12-10-19)28(26,27)25(15-18-3-1-2-4-21(18)23)14-17-7-5-16(13-24)6-8-17/h1-12H,14-15H2. The molecule has 0 saturated carbocycles. The molecule has 0 aliphatic rings. The molecule has 0 saturated heterocycles. The van der Waals surface area contributed by atoms with Gasteiger partial charge in [0.2, 0.25) is 10.0 Å². The smallest absolute Gasteiger partial charge is 0.207 e. The fourth-order valence-electron chi connectivity index (χ4n) is 2.69. The zero-order valence-corrected chi connectivity index (χ0v) is 17.0. The average Bonchev–Trinajstić information content (AvgIpc) is 2.70. The highest BCUT2D eigenvalue weighted by Crippen LogP contribution is 2.25. The molecule has 0 N–H and O–H groups in total. The molecule has 142 valence electrons. The topological polar surface area (TPSA) is 61.2 Å². The SMILES string of the molecule is N#Cc1ccc(CN(Cc2ccccc2Cl)S(=O)(=O)c2ccc(Cl)cc2)cc1. The normalized spacial score (nSPS) is 11.4. The van der Waals surface area contributed by atoms with E-state index < -0.39 is 10.0 Å². The van der Waals surface area contributed by atoms with Crippen molar-refractivity contribution in [2.45, 2.75) is 18.0 Å². The maximum absolute atomic E-state index is 13.3. The highest BCUT2D eigenvalue weighted by atomic mass is 35.5. The lowest BCUT2D eigenvalue weighted by Crippen LogP contribution is -2.30. The summed E-state index contributed by atoms with van der Waals surface area (Å²) in [7, 11) is -3.80. The Morgan fingerprint density at radius 1 is 0.857 bits per heavy atom. The zero-order valence-electron chi connectivity index (χ0n) is 14.7. The Morgan fingerprint density at radius 3 is 2.11 bits per heavy atom. The van der Waals surface area contributed by atoms with Crippen molar-refractivity contribution in [3.63, 3.8) is 0 Å². The number of nitriles is 1. The molecule has 0 spiro atoms. The van der Waals surface area contributed by atoms with Crippen LogP contribution in [0.2, 0.25) is 10.0 Å². The molecule has 0 aliphatic heterocycles. The third-order valence-corrected chi connectivity index (χ3v) is 6.62. The second-order valence-electron chi connectivity index (χ2n) is 6.13. The van der Waals surface area contributed by atoms with Crippen LogP contribution in [0.4, 0.5) is 0 Å². The van der Waals surface area contributed by atoms with Crippen molar-refractivity contribution >= 4 is 33.2 Å². The van der Waals surface area contributed by atoms with E-state index in [-0.39, 0.29) is 18.0 Å². The van der Waals surface area contributed by atoms with E-state index in [1.807, 2.05) is 6.07 Å². The van der Waals surface area contributed by atoms with Crippen LogP contribution in [-0.4, -0.2) is 12.7 Å². The molecule has 0 bridgehead atoms. The molecule has 4 nitrogen and oxygen atoms in total. The Hall–Kier alpha value is -2.36. The van der Waals surface area contributed by atoms with Gasteiger partial charge >= 0.3 is 0 Å². The highest BCUT2D eigenvalue weighted by molar-refractivity contribution is 7.89. The van der Waals surface area contributed by atoms with Gasteiger partial charge in [0.15, 0.2) is 0 Å². The minimum atomic E-state index is -3.80. The first-order valence-corrected chi connectivity index (χ1v) is 10.6. The van der Waals surface area contributed by atoms with E-state index in [0.717, 1.165) is 5.56 Å². The van der Waals surface area contributed by atoms with Gasteiger partial charge in [-0.3, -0.25) is 0 Å². The molecular weight excluding hydrogens is 415 g/mol. The van der Waals surface area contributed by atoms with Gasteiger partial charge in [0.1, 0.15) is 0 Å². The van der Waals surface area contributed by atoms with Gasteiger partial charge in [0.25, 0.3) is 0 Å². The molecule has 0 aliphatic carbocycles. The van der Waals surface area contributed by atoms with Gasteiger partial charge in [-0.2, -0.15) is 9.57 Å². The molecular formula is C21H16Cl2N2O2S.